The van der Waals surface area contributed by atoms with Crippen LogP contribution in [-0.2, 0) is 0 Å². The molecule has 0 spiro atoms. The average Bonchev–Trinajstić information content (AvgIpc) is 3.85. The van der Waals surface area contributed by atoms with Crippen LogP contribution in [0.4, 0.5) is 0 Å². The van der Waals surface area contributed by atoms with Crippen LogP contribution < -0.4 is 0 Å². The van der Waals surface area contributed by atoms with E-state index in [1.54, 1.807) is 0 Å². The van der Waals surface area contributed by atoms with Crippen molar-refractivity contribution in [3.8, 4) is 39.1 Å². The maximum Gasteiger partial charge on any atom is 0.143 e. The molecule has 1 atom stereocenters. The second-order valence-corrected chi connectivity index (χ2v) is 13.6. The molecular formula is C49H31NO. The molecule has 1 aliphatic rings. The van der Waals surface area contributed by atoms with Crippen molar-refractivity contribution in [3.05, 3.63) is 199 Å². The predicted molar refractivity (Wildman–Crippen MR) is 212 cm³/mol. The van der Waals surface area contributed by atoms with Gasteiger partial charge in [0.1, 0.15) is 11.2 Å². The average molecular weight is 650 g/mol. The summed E-state index contributed by atoms with van der Waals surface area (Å²) in [6, 6.07) is 66.2. The van der Waals surface area contributed by atoms with Gasteiger partial charge >= 0.3 is 0 Å². The summed E-state index contributed by atoms with van der Waals surface area (Å²) in [4.78, 5) is 0. The van der Waals surface area contributed by atoms with Gasteiger partial charge in [-0.25, -0.2) is 0 Å². The van der Waals surface area contributed by atoms with E-state index in [9.17, 15) is 0 Å². The Labute approximate surface area is 295 Å². The van der Waals surface area contributed by atoms with Crippen LogP contribution in [0.3, 0.4) is 0 Å². The van der Waals surface area contributed by atoms with Gasteiger partial charge in [-0.2, -0.15) is 0 Å². The highest BCUT2D eigenvalue weighted by molar-refractivity contribution is 6.11. The fourth-order valence-corrected chi connectivity index (χ4v) is 8.68. The lowest BCUT2D eigenvalue weighted by molar-refractivity contribution is 0.670. The van der Waals surface area contributed by atoms with E-state index in [4.69, 9.17) is 4.42 Å². The van der Waals surface area contributed by atoms with Crippen LogP contribution in [0.1, 0.15) is 22.6 Å². The van der Waals surface area contributed by atoms with E-state index in [1.165, 1.54) is 72.0 Å². The summed E-state index contributed by atoms with van der Waals surface area (Å²) in [5.74, 6) is 0.101. The van der Waals surface area contributed by atoms with E-state index in [0.29, 0.717) is 0 Å². The maximum absolute atomic E-state index is 6.54. The molecule has 238 valence electrons. The summed E-state index contributed by atoms with van der Waals surface area (Å²) in [5.41, 5.74) is 16.8. The Morgan fingerprint density at radius 3 is 1.80 bits per heavy atom. The number of rotatable bonds is 4. The van der Waals surface area contributed by atoms with E-state index >= 15 is 0 Å². The lowest BCUT2D eigenvalue weighted by atomic mass is 9.84. The molecule has 8 aromatic carbocycles. The third kappa shape index (κ3) is 4.17. The normalized spacial score (nSPS) is 13.7. The van der Waals surface area contributed by atoms with Crippen molar-refractivity contribution >= 4 is 43.7 Å². The van der Waals surface area contributed by atoms with Crippen molar-refractivity contribution < 1.29 is 4.42 Å². The summed E-state index contributed by atoms with van der Waals surface area (Å²) in [7, 11) is 0. The highest BCUT2D eigenvalue weighted by atomic mass is 16.3. The largest absolute Gasteiger partial charge is 0.455 e. The minimum Gasteiger partial charge on any atom is -0.455 e. The molecule has 11 rings (SSSR count). The van der Waals surface area contributed by atoms with Crippen LogP contribution >= 0.6 is 0 Å². The summed E-state index contributed by atoms with van der Waals surface area (Å²) in [6.45, 7) is 0. The summed E-state index contributed by atoms with van der Waals surface area (Å²) >= 11 is 0. The minimum atomic E-state index is 0.101. The molecule has 1 aliphatic carbocycles. The van der Waals surface area contributed by atoms with Crippen LogP contribution in [0.25, 0.3) is 82.8 Å². The van der Waals surface area contributed by atoms with E-state index in [0.717, 1.165) is 27.5 Å². The fourth-order valence-electron chi connectivity index (χ4n) is 8.68. The van der Waals surface area contributed by atoms with Gasteiger partial charge in [0.15, 0.2) is 0 Å². The molecule has 0 N–H and O–H groups in total. The predicted octanol–water partition coefficient (Wildman–Crippen LogP) is 13.2. The Bertz CT molecular complexity index is 2980. The second-order valence-electron chi connectivity index (χ2n) is 13.6. The number of furan rings is 1. The van der Waals surface area contributed by atoms with Crippen LogP contribution in [0.5, 0.6) is 0 Å². The molecule has 0 radical (unpaired) electrons. The lowest BCUT2D eigenvalue weighted by Gasteiger charge is -2.19. The Balaban J connectivity index is 1.08. The standard InChI is InChI=1S/C49H31NO/c1-2-13-33(14-3-1)50-45-23-10-8-17-36(45)37-27-25-32(30-46(37)50)31-26-28-41-44(29-31)35-16-5-7-20-40(35)48(41)39-19-6-4-15-34(39)42-21-12-22-43-38-18-9-11-24-47(38)51-49(42)43/h1-30,48H. The van der Waals surface area contributed by atoms with Gasteiger partial charge in [-0.05, 0) is 80.9 Å². The summed E-state index contributed by atoms with van der Waals surface area (Å²) in [6.07, 6.45) is 0. The minimum absolute atomic E-state index is 0.101. The van der Waals surface area contributed by atoms with Crippen LogP contribution in [0.15, 0.2) is 186 Å². The molecular weight excluding hydrogens is 619 g/mol. The molecule has 0 amide bonds. The fraction of sp³-hybridized carbons (Fsp3) is 0.0204. The molecule has 1 unspecified atom stereocenters. The molecule has 10 aromatic rings. The number of nitrogens with zero attached hydrogens (tertiary/aromatic N) is 1. The zero-order valence-electron chi connectivity index (χ0n) is 27.8. The first kappa shape index (κ1) is 28.2. The van der Waals surface area contributed by atoms with Crippen molar-refractivity contribution in [2.75, 3.05) is 0 Å². The third-order valence-electron chi connectivity index (χ3n) is 10.9. The molecule has 2 nitrogen and oxygen atoms in total. The highest BCUT2D eigenvalue weighted by Crippen LogP contribution is 2.51. The quantitative estimate of drug-likeness (QED) is 0.186. The molecule has 0 bridgehead atoms. The highest BCUT2D eigenvalue weighted by Gasteiger charge is 2.32. The summed E-state index contributed by atoms with van der Waals surface area (Å²) < 4.78 is 8.94. The van der Waals surface area contributed by atoms with Gasteiger partial charge in [0.25, 0.3) is 0 Å². The van der Waals surface area contributed by atoms with E-state index < -0.39 is 0 Å². The van der Waals surface area contributed by atoms with Crippen LogP contribution in [-0.4, -0.2) is 4.57 Å². The van der Waals surface area contributed by atoms with Crippen LogP contribution in [0, 0.1) is 0 Å². The van der Waals surface area contributed by atoms with Gasteiger partial charge in [-0.1, -0.05) is 146 Å². The monoisotopic (exact) mass is 649 g/mol. The van der Waals surface area contributed by atoms with Gasteiger partial charge in [0.05, 0.1) is 11.0 Å². The third-order valence-corrected chi connectivity index (χ3v) is 10.9. The van der Waals surface area contributed by atoms with E-state index in [-0.39, 0.29) is 5.92 Å². The molecule has 2 aromatic heterocycles. The molecule has 0 aliphatic heterocycles. The van der Waals surface area contributed by atoms with Crippen molar-refractivity contribution in [1.82, 2.24) is 4.57 Å². The molecule has 2 heteroatoms. The smallest absolute Gasteiger partial charge is 0.143 e. The van der Waals surface area contributed by atoms with Gasteiger partial charge in [-0.15, -0.1) is 0 Å². The van der Waals surface area contributed by atoms with Crippen LogP contribution in [0.2, 0.25) is 0 Å². The second kappa shape index (κ2) is 10.9. The van der Waals surface area contributed by atoms with Gasteiger partial charge < -0.3 is 8.98 Å². The Hall–Kier alpha value is -6.64. The van der Waals surface area contributed by atoms with E-state index in [1.807, 2.05) is 6.07 Å². The Morgan fingerprint density at radius 2 is 0.961 bits per heavy atom. The topological polar surface area (TPSA) is 18.1 Å². The van der Waals surface area contributed by atoms with E-state index in [2.05, 4.69) is 180 Å². The van der Waals surface area contributed by atoms with Gasteiger partial charge in [-0.3, -0.25) is 0 Å². The molecule has 0 fully saturated rings. The number of hydrogen-bond donors (Lipinski definition) is 0. The Kier molecular flexibility index (Phi) is 6.05. The number of hydrogen-bond acceptors (Lipinski definition) is 1. The zero-order valence-corrected chi connectivity index (χ0v) is 27.8. The first-order valence-electron chi connectivity index (χ1n) is 17.6. The molecule has 2 heterocycles. The van der Waals surface area contributed by atoms with Crippen molar-refractivity contribution in [1.29, 1.82) is 0 Å². The number of aromatic nitrogens is 1. The van der Waals surface area contributed by atoms with Crippen molar-refractivity contribution in [2.24, 2.45) is 0 Å². The first-order chi connectivity index (χ1) is 25.3. The number of benzene rings is 8. The Morgan fingerprint density at radius 1 is 0.373 bits per heavy atom. The first-order valence-corrected chi connectivity index (χ1v) is 17.6. The number of fused-ring (bicyclic) bond motifs is 9. The maximum atomic E-state index is 6.54. The lowest BCUT2D eigenvalue weighted by Crippen LogP contribution is -2.02. The molecule has 51 heavy (non-hydrogen) atoms. The molecule has 0 saturated heterocycles. The van der Waals surface area contributed by atoms with Crippen molar-refractivity contribution in [3.63, 3.8) is 0 Å². The molecule has 0 saturated carbocycles. The van der Waals surface area contributed by atoms with Crippen molar-refractivity contribution in [2.45, 2.75) is 5.92 Å². The summed E-state index contributed by atoms with van der Waals surface area (Å²) in [5, 5.41) is 4.84. The zero-order chi connectivity index (χ0) is 33.5. The van der Waals surface area contributed by atoms with Gasteiger partial charge in [0.2, 0.25) is 0 Å². The number of para-hydroxylation sites is 4. The van der Waals surface area contributed by atoms with Gasteiger partial charge in [0, 0.05) is 38.7 Å². The SMILES string of the molecule is c1ccc(-n2c3ccccc3c3ccc(-c4ccc5c(c4)-c4ccccc4C5c4ccccc4-c4cccc5c4oc4ccccc45)cc32)cc1.